The minimum Gasteiger partial charge on any atom is -0.497 e. The monoisotopic (exact) mass is 532 g/mol. The van der Waals surface area contributed by atoms with Crippen LogP contribution in [0.5, 0.6) is 17.2 Å². The molecule has 1 heterocycles. The average molecular weight is 533 g/mol. The number of amides is 2. The summed E-state index contributed by atoms with van der Waals surface area (Å²) in [5.41, 5.74) is 3.11. The van der Waals surface area contributed by atoms with Gasteiger partial charge in [0.2, 0.25) is 5.95 Å². The molecule has 0 fully saturated rings. The van der Waals surface area contributed by atoms with Gasteiger partial charge in [-0.1, -0.05) is 12.1 Å². The lowest BCUT2D eigenvalue weighted by Gasteiger charge is -2.11. The molecule has 204 valence electrons. The Morgan fingerprint density at radius 3 is 2.26 bits per heavy atom. The Hall–Kier alpha value is -4.57. The molecule has 2 amide bonds. The number of nitrogens with zero attached hydrogens (tertiary/aromatic N) is 2. The fourth-order valence-corrected chi connectivity index (χ4v) is 4.14. The van der Waals surface area contributed by atoms with Gasteiger partial charge in [-0.15, -0.1) is 0 Å². The van der Waals surface area contributed by atoms with Crippen molar-refractivity contribution in [1.82, 2.24) is 14.9 Å². The van der Waals surface area contributed by atoms with Crippen molar-refractivity contribution in [2.24, 2.45) is 0 Å². The van der Waals surface area contributed by atoms with Crippen LogP contribution in [0.3, 0.4) is 0 Å². The number of methoxy groups -OCH3 is 4. The molecule has 10 nitrogen and oxygen atoms in total. The van der Waals surface area contributed by atoms with Crippen molar-refractivity contribution in [3.8, 4) is 17.2 Å². The van der Waals surface area contributed by atoms with Gasteiger partial charge < -0.3 is 28.8 Å². The molecule has 0 bridgehead atoms. The van der Waals surface area contributed by atoms with Crippen molar-refractivity contribution >= 4 is 28.8 Å². The number of imidazole rings is 1. The number of hydrogen-bond acceptors (Lipinski definition) is 7. The Morgan fingerprint density at radius 2 is 1.56 bits per heavy atom. The van der Waals surface area contributed by atoms with Gasteiger partial charge in [0.25, 0.3) is 11.8 Å². The molecule has 0 atom stereocenters. The van der Waals surface area contributed by atoms with E-state index >= 15 is 0 Å². The van der Waals surface area contributed by atoms with Crippen LogP contribution in [0.1, 0.15) is 32.7 Å². The SMILES string of the molecule is COCCCn1c(NC(=O)c2cc(OC)cc(OC)c2)nc2cc(C(=O)NCc3cccc(OC)c3)ccc21. The lowest BCUT2D eigenvalue weighted by molar-refractivity contribution is 0.0950. The molecular formula is C29H32N4O6. The number of rotatable bonds is 12. The smallest absolute Gasteiger partial charge is 0.258 e. The van der Waals surface area contributed by atoms with Gasteiger partial charge in [0, 0.05) is 44.0 Å². The van der Waals surface area contributed by atoms with E-state index in [1.165, 1.54) is 14.2 Å². The molecule has 3 aromatic carbocycles. The summed E-state index contributed by atoms with van der Waals surface area (Å²) >= 11 is 0. The molecule has 0 unspecified atom stereocenters. The lowest BCUT2D eigenvalue weighted by Crippen LogP contribution is -2.22. The lowest BCUT2D eigenvalue weighted by atomic mass is 10.1. The number of anilines is 1. The van der Waals surface area contributed by atoms with Crippen LogP contribution in [0.4, 0.5) is 5.95 Å². The third kappa shape index (κ3) is 6.66. The Kier molecular flexibility index (Phi) is 9.01. The van der Waals surface area contributed by atoms with Crippen LogP contribution < -0.4 is 24.8 Å². The second-order valence-electron chi connectivity index (χ2n) is 8.73. The van der Waals surface area contributed by atoms with E-state index in [1.807, 2.05) is 34.9 Å². The highest BCUT2D eigenvalue weighted by atomic mass is 16.5. The number of carbonyl (C=O) groups excluding carboxylic acids is 2. The van der Waals surface area contributed by atoms with Crippen LogP contribution in [0.15, 0.2) is 60.7 Å². The van der Waals surface area contributed by atoms with E-state index in [9.17, 15) is 9.59 Å². The molecule has 2 N–H and O–H groups in total. The van der Waals surface area contributed by atoms with E-state index < -0.39 is 0 Å². The van der Waals surface area contributed by atoms with Crippen molar-refractivity contribution in [3.63, 3.8) is 0 Å². The van der Waals surface area contributed by atoms with Gasteiger partial charge in [-0.05, 0) is 54.4 Å². The first kappa shape index (κ1) is 27.5. The van der Waals surface area contributed by atoms with Crippen LogP contribution >= 0.6 is 0 Å². The van der Waals surface area contributed by atoms with E-state index in [1.54, 1.807) is 44.6 Å². The zero-order valence-corrected chi connectivity index (χ0v) is 22.4. The predicted molar refractivity (Wildman–Crippen MR) is 148 cm³/mol. The molecule has 0 radical (unpaired) electrons. The van der Waals surface area contributed by atoms with Gasteiger partial charge >= 0.3 is 0 Å². The molecule has 4 rings (SSSR count). The molecule has 10 heteroatoms. The maximum absolute atomic E-state index is 13.2. The fraction of sp³-hybridized carbons (Fsp3) is 0.276. The highest BCUT2D eigenvalue weighted by molar-refractivity contribution is 6.05. The molecule has 0 spiro atoms. The number of aryl methyl sites for hydroxylation is 1. The summed E-state index contributed by atoms with van der Waals surface area (Å²) in [6.45, 7) is 1.46. The van der Waals surface area contributed by atoms with Crippen molar-refractivity contribution in [2.75, 3.05) is 40.4 Å². The van der Waals surface area contributed by atoms with Gasteiger partial charge in [-0.25, -0.2) is 4.98 Å². The van der Waals surface area contributed by atoms with E-state index in [0.717, 1.165) is 16.8 Å². The number of fused-ring (bicyclic) bond motifs is 1. The van der Waals surface area contributed by atoms with Gasteiger partial charge in [0.1, 0.15) is 17.2 Å². The fourth-order valence-electron chi connectivity index (χ4n) is 4.14. The minimum atomic E-state index is -0.369. The molecule has 39 heavy (non-hydrogen) atoms. The number of nitrogens with one attached hydrogen (secondary N) is 2. The Balaban J connectivity index is 1.58. The third-order valence-electron chi connectivity index (χ3n) is 6.17. The zero-order chi connectivity index (χ0) is 27.8. The van der Waals surface area contributed by atoms with Crippen molar-refractivity contribution in [1.29, 1.82) is 0 Å². The summed E-state index contributed by atoms with van der Waals surface area (Å²) in [4.78, 5) is 30.7. The van der Waals surface area contributed by atoms with Gasteiger partial charge in [0.05, 0.1) is 32.4 Å². The van der Waals surface area contributed by atoms with Gasteiger partial charge in [0.15, 0.2) is 0 Å². The maximum Gasteiger partial charge on any atom is 0.258 e. The Bertz CT molecular complexity index is 1440. The number of hydrogen-bond donors (Lipinski definition) is 2. The highest BCUT2D eigenvalue weighted by Crippen LogP contribution is 2.25. The van der Waals surface area contributed by atoms with Crippen molar-refractivity contribution in [3.05, 3.63) is 77.4 Å². The second-order valence-corrected chi connectivity index (χ2v) is 8.73. The van der Waals surface area contributed by atoms with Crippen molar-refractivity contribution in [2.45, 2.75) is 19.5 Å². The molecule has 4 aromatic rings. The summed E-state index contributed by atoms with van der Waals surface area (Å²) in [6, 6.07) is 17.8. The highest BCUT2D eigenvalue weighted by Gasteiger charge is 2.18. The molecule has 0 aliphatic rings. The van der Waals surface area contributed by atoms with E-state index in [0.29, 0.717) is 60.2 Å². The number of aromatic nitrogens is 2. The first-order valence-corrected chi connectivity index (χ1v) is 12.4. The second kappa shape index (κ2) is 12.8. The van der Waals surface area contributed by atoms with Crippen LogP contribution in [-0.4, -0.2) is 56.4 Å². The number of benzene rings is 3. The van der Waals surface area contributed by atoms with E-state index in [-0.39, 0.29) is 11.8 Å². The van der Waals surface area contributed by atoms with Crippen LogP contribution in [0, 0.1) is 0 Å². The summed E-state index contributed by atoms with van der Waals surface area (Å²) in [6.07, 6.45) is 0.709. The van der Waals surface area contributed by atoms with E-state index in [2.05, 4.69) is 15.6 Å². The summed E-state index contributed by atoms with van der Waals surface area (Å²) in [7, 11) is 6.29. The quantitative estimate of drug-likeness (QED) is 0.262. The van der Waals surface area contributed by atoms with Crippen molar-refractivity contribution < 1.29 is 28.5 Å². The van der Waals surface area contributed by atoms with Gasteiger partial charge in [-0.2, -0.15) is 0 Å². The maximum atomic E-state index is 13.2. The average Bonchev–Trinajstić information content (AvgIpc) is 3.31. The minimum absolute atomic E-state index is 0.234. The van der Waals surface area contributed by atoms with Gasteiger partial charge in [-0.3, -0.25) is 14.9 Å². The molecule has 0 aliphatic heterocycles. The summed E-state index contributed by atoms with van der Waals surface area (Å²) in [5, 5.41) is 5.83. The third-order valence-corrected chi connectivity index (χ3v) is 6.17. The number of ether oxygens (including phenoxy) is 4. The van der Waals surface area contributed by atoms with Crippen LogP contribution in [0.2, 0.25) is 0 Å². The van der Waals surface area contributed by atoms with Crippen LogP contribution in [-0.2, 0) is 17.8 Å². The predicted octanol–water partition coefficient (Wildman–Crippen LogP) is 4.28. The first-order valence-electron chi connectivity index (χ1n) is 12.4. The summed E-state index contributed by atoms with van der Waals surface area (Å²) < 4.78 is 22.9. The summed E-state index contributed by atoms with van der Waals surface area (Å²) in [5.74, 6) is 1.48. The molecule has 0 saturated carbocycles. The van der Waals surface area contributed by atoms with Crippen LogP contribution in [0.25, 0.3) is 11.0 Å². The van der Waals surface area contributed by atoms with E-state index in [4.69, 9.17) is 18.9 Å². The molecule has 0 aliphatic carbocycles. The normalized spacial score (nSPS) is 10.8. The molecular weight excluding hydrogens is 500 g/mol. The molecule has 1 aromatic heterocycles. The Labute approximate surface area is 226 Å². The topological polar surface area (TPSA) is 113 Å². The Morgan fingerprint density at radius 1 is 0.821 bits per heavy atom. The first-order chi connectivity index (χ1) is 18.9. The number of carbonyl (C=O) groups is 2. The largest absolute Gasteiger partial charge is 0.497 e. The standard InChI is InChI=1S/C29H32N4O6/c1-36-12-6-11-33-26-10-9-20(27(34)30-18-19-7-5-8-22(13-19)37-2)16-25(26)31-29(33)32-28(35)21-14-23(38-3)17-24(15-21)39-4/h5,7-10,13-17H,6,11-12,18H2,1-4H3,(H,30,34)(H,31,32,35). The zero-order valence-electron chi connectivity index (χ0n) is 22.4. The molecule has 0 saturated heterocycles.